The predicted octanol–water partition coefficient (Wildman–Crippen LogP) is 3.80. The molecule has 0 aliphatic heterocycles. The summed E-state index contributed by atoms with van der Waals surface area (Å²) < 4.78 is 4.89. The van der Waals surface area contributed by atoms with Crippen molar-refractivity contribution < 1.29 is 14.3 Å². The van der Waals surface area contributed by atoms with Gasteiger partial charge in [0.05, 0.1) is 17.9 Å². The van der Waals surface area contributed by atoms with Crippen LogP contribution in [-0.4, -0.2) is 18.6 Å². The van der Waals surface area contributed by atoms with Crippen molar-refractivity contribution in [1.82, 2.24) is 0 Å². The summed E-state index contributed by atoms with van der Waals surface area (Å²) in [4.78, 5) is 24.1. The van der Waals surface area contributed by atoms with Crippen molar-refractivity contribution in [3.05, 3.63) is 54.1 Å². The summed E-state index contributed by atoms with van der Waals surface area (Å²) >= 11 is 4.26. The molecule has 0 aliphatic carbocycles. The van der Waals surface area contributed by atoms with Gasteiger partial charge in [0.15, 0.2) is 0 Å². The SMILES string of the molecule is CCOC(=O)c1ccc(NC(=O)Nc2ccccc2S)cc1. The van der Waals surface area contributed by atoms with Gasteiger partial charge in [-0.15, -0.1) is 12.6 Å². The number of ether oxygens (including phenoxy) is 1. The quantitative estimate of drug-likeness (QED) is 0.594. The topological polar surface area (TPSA) is 67.4 Å². The molecule has 0 unspecified atom stereocenters. The molecule has 0 bridgehead atoms. The van der Waals surface area contributed by atoms with Gasteiger partial charge in [-0.05, 0) is 43.3 Å². The Kier molecular flexibility index (Phi) is 5.43. The Balaban J connectivity index is 1.97. The van der Waals surface area contributed by atoms with Crippen molar-refractivity contribution in [3.8, 4) is 0 Å². The monoisotopic (exact) mass is 316 g/mol. The number of urea groups is 1. The molecule has 0 aromatic heterocycles. The predicted molar refractivity (Wildman–Crippen MR) is 88.7 cm³/mol. The molecule has 0 heterocycles. The van der Waals surface area contributed by atoms with Crippen LogP contribution in [0.2, 0.25) is 0 Å². The third-order valence-electron chi connectivity index (χ3n) is 2.81. The minimum Gasteiger partial charge on any atom is -0.462 e. The fourth-order valence-corrected chi connectivity index (χ4v) is 1.98. The highest BCUT2D eigenvalue weighted by molar-refractivity contribution is 7.80. The fraction of sp³-hybridized carbons (Fsp3) is 0.125. The van der Waals surface area contributed by atoms with E-state index in [1.54, 1.807) is 43.3 Å². The second-order valence-corrected chi connectivity index (χ2v) is 4.88. The lowest BCUT2D eigenvalue weighted by Gasteiger charge is -2.09. The molecular formula is C16H16N2O3S. The zero-order valence-electron chi connectivity index (χ0n) is 12.0. The summed E-state index contributed by atoms with van der Waals surface area (Å²) in [6.45, 7) is 2.07. The lowest BCUT2D eigenvalue weighted by Crippen LogP contribution is -2.19. The van der Waals surface area contributed by atoms with Gasteiger partial charge in [0, 0.05) is 10.6 Å². The van der Waals surface area contributed by atoms with Gasteiger partial charge in [0.1, 0.15) is 0 Å². The molecule has 114 valence electrons. The molecule has 2 N–H and O–H groups in total. The van der Waals surface area contributed by atoms with E-state index in [9.17, 15) is 9.59 Å². The summed E-state index contributed by atoms with van der Waals surface area (Å²) in [5, 5.41) is 5.38. The minimum atomic E-state index is -0.387. The molecule has 2 aromatic rings. The third-order valence-corrected chi connectivity index (χ3v) is 3.20. The normalized spacial score (nSPS) is 9.91. The van der Waals surface area contributed by atoms with Gasteiger partial charge >= 0.3 is 12.0 Å². The molecule has 6 heteroatoms. The van der Waals surface area contributed by atoms with E-state index in [0.717, 1.165) is 0 Å². The first-order chi connectivity index (χ1) is 10.6. The highest BCUT2D eigenvalue weighted by Crippen LogP contribution is 2.19. The molecular weight excluding hydrogens is 300 g/mol. The van der Waals surface area contributed by atoms with Crippen LogP contribution in [0.15, 0.2) is 53.4 Å². The molecule has 2 amide bonds. The number of benzene rings is 2. The first-order valence-electron chi connectivity index (χ1n) is 6.73. The van der Waals surface area contributed by atoms with Crippen LogP contribution in [0.5, 0.6) is 0 Å². The highest BCUT2D eigenvalue weighted by Gasteiger charge is 2.08. The van der Waals surface area contributed by atoms with Gasteiger partial charge < -0.3 is 15.4 Å². The standard InChI is InChI=1S/C16H16N2O3S/c1-2-21-15(19)11-7-9-12(10-8-11)17-16(20)18-13-5-3-4-6-14(13)22/h3-10,22H,2H2,1H3,(H2,17,18,20). The fourth-order valence-electron chi connectivity index (χ4n) is 1.77. The van der Waals surface area contributed by atoms with Crippen molar-refractivity contribution in [2.75, 3.05) is 17.2 Å². The van der Waals surface area contributed by atoms with E-state index in [-0.39, 0.29) is 12.0 Å². The van der Waals surface area contributed by atoms with Crippen LogP contribution < -0.4 is 10.6 Å². The average molecular weight is 316 g/mol. The maximum Gasteiger partial charge on any atom is 0.338 e. The summed E-state index contributed by atoms with van der Waals surface area (Å²) in [5.41, 5.74) is 1.63. The van der Waals surface area contributed by atoms with Gasteiger partial charge in [-0.3, -0.25) is 0 Å². The summed E-state index contributed by atoms with van der Waals surface area (Å²) in [6, 6.07) is 13.3. The van der Waals surface area contributed by atoms with E-state index in [0.29, 0.717) is 28.4 Å². The molecule has 0 saturated heterocycles. The van der Waals surface area contributed by atoms with Gasteiger partial charge in [-0.2, -0.15) is 0 Å². The number of hydrogen-bond donors (Lipinski definition) is 3. The Morgan fingerprint density at radius 2 is 1.73 bits per heavy atom. The largest absolute Gasteiger partial charge is 0.462 e. The van der Waals surface area contributed by atoms with E-state index in [2.05, 4.69) is 23.3 Å². The molecule has 22 heavy (non-hydrogen) atoms. The van der Waals surface area contributed by atoms with Gasteiger partial charge in [-0.25, -0.2) is 9.59 Å². The first-order valence-corrected chi connectivity index (χ1v) is 7.18. The minimum absolute atomic E-state index is 0.324. The summed E-state index contributed by atoms with van der Waals surface area (Å²) in [7, 11) is 0. The number of para-hydroxylation sites is 1. The van der Waals surface area contributed by atoms with Crippen molar-refractivity contribution in [1.29, 1.82) is 0 Å². The van der Waals surface area contributed by atoms with E-state index in [1.807, 2.05) is 12.1 Å². The Hall–Kier alpha value is -2.47. The van der Waals surface area contributed by atoms with Gasteiger partial charge in [0.25, 0.3) is 0 Å². The number of amides is 2. The van der Waals surface area contributed by atoms with E-state index < -0.39 is 0 Å². The Bertz CT molecular complexity index is 671. The zero-order chi connectivity index (χ0) is 15.9. The number of anilines is 2. The van der Waals surface area contributed by atoms with Crippen LogP contribution in [0.4, 0.5) is 16.2 Å². The molecule has 0 aliphatic rings. The maximum absolute atomic E-state index is 11.9. The Morgan fingerprint density at radius 1 is 1.05 bits per heavy atom. The first kappa shape index (κ1) is 15.9. The van der Waals surface area contributed by atoms with Gasteiger partial charge in [0.2, 0.25) is 0 Å². The van der Waals surface area contributed by atoms with E-state index in [4.69, 9.17) is 4.74 Å². The molecule has 5 nitrogen and oxygen atoms in total. The number of esters is 1. The van der Waals surface area contributed by atoms with Crippen LogP contribution in [-0.2, 0) is 4.74 Å². The number of carbonyl (C=O) groups is 2. The van der Waals surface area contributed by atoms with Crippen LogP contribution >= 0.6 is 12.6 Å². The average Bonchev–Trinajstić information content (AvgIpc) is 2.50. The van der Waals surface area contributed by atoms with Crippen molar-refractivity contribution in [2.24, 2.45) is 0 Å². The molecule has 0 fully saturated rings. The summed E-state index contributed by atoms with van der Waals surface area (Å²) in [6.07, 6.45) is 0. The molecule has 0 saturated carbocycles. The zero-order valence-corrected chi connectivity index (χ0v) is 12.9. The van der Waals surface area contributed by atoms with Crippen molar-refractivity contribution >= 4 is 36.0 Å². The van der Waals surface area contributed by atoms with Crippen molar-refractivity contribution in [2.45, 2.75) is 11.8 Å². The molecule has 0 radical (unpaired) electrons. The van der Waals surface area contributed by atoms with Crippen LogP contribution in [0.25, 0.3) is 0 Å². The number of nitrogens with one attached hydrogen (secondary N) is 2. The second-order valence-electron chi connectivity index (χ2n) is 4.39. The number of carbonyl (C=O) groups excluding carboxylic acids is 2. The molecule has 0 atom stereocenters. The Labute approximate surface area is 134 Å². The molecule has 2 rings (SSSR count). The molecule has 0 spiro atoms. The van der Waals surface area contributed by atoms with Crippen LogP contribution in [0, 0.1) is 0 Å². The number of thiol groups is 1. The lowest BCUT2D eigenvalue weighted by molar-refractivity contribution is 0.0526. The Morgan fingerprint density at radius 3 is 2.36 bits per heavy atom. The smallest absolute Gasteiger partial charge is 0.338 e. The van der Waals surface area contributed by atoms with E-state index in [1.165, 1.54) is 0 Å². The van der Waals surface area contributed by atoms with Gasteiger partial charge in [-0.1, -0.05) is 12.1 Å². The van der Waals surface area contributed by atoms with Crippen molar-refractivity contribution in [3.63, 3.8) is 0 Å². The molecule has 2 aromatic carbocycles. The number of rotatable bonds is 4. The van der Waals surface area contributed by atoms with Crippen LogP contribution in [0.3, 0.4) is 0 Å². The second kappa shape index (κ2) is 7.51. The number of hydrogen-bond acceptors (Lipinski definition) is 4. The van der Waals surface area contributed by atoms with Crippen LogP contribution in [0.1, 0.15) is 17.3 Å². The summed E-state index contributed by atoms with van der Waals surface area (Å²) in [5.74, 6) is -0.387. The third kappa shape index (κ3) is 4.26. The lowest BCUT2D eigenvalue weighted by atomic mass is 10.2. The highest BCUT2D eigenvalue weighted by atomic mass is 32.1. The van der Waals surface area contributed by atoms with E-state index >= 15 is 0 Å². The maximum atomic E-state index is 11.9.